The van der Waals surface area contributed by atoms with Crippen molar-refractivity contribution in [2.24, 2.45) is 0 Å². The van der Waals surface area contributed by atoms with E-state index in [0.717, 1.165) is 22.3 Å². The molecule has 0 aliphatic heterocycles. The van der Waals surface area contributed by atoms with E-state index in [1.54, 1.807) is 36.4 Å². The number of nitrogens with zero attached hydrogens (tertiary/aromatic N) is 1. The molecule has 0 saturated carbocycles. The summed E-state index contributed by atoms with van der Waals surface area (Å²) in [6.45, 7) is 7.51. The van der Waals surface area contributed by atoms with Crippen molar-refractivity contribution in [3.8, 4) is 0 Å². The largest absolute Gasteiger partial charge is 0.348 e. The van der Waals surface area contributed by atoms with Gasteiger partial charge in [0.05, 0.1) is 16.6 Å². The number of sulfonamides is 1. The van der Waals surface area contributed by atoms with Gasteiger partial charge >= 0.3 is 0 Å². The van der Waals surface area contributed by atoms with Crippen LogP contribution in [0.15, 0.2) is 77.7 Å². The number of amides is 1. The molecule has 0 radical (unpaired) electrons. The first-order valence-corrected chi connectivity index (χ1v) is 12.2. The third kappa shape index (κ3) is 5.37. The predicted octanol–water partition coefficient (Wildman–Crippen LogP) is 5.07. The fourth-order valence-corrected chi connectivity index (χ4v) is 5.20. The summed E-state index contributed by atoms with van der Waals surface area (Å²) in [5, 5.41) is 3.01. The molecule has 3 aromatic rings. The van der Waals surface area contributed by atoms with Gasteiger partial charge in [-0.1, -0.05) is 72.6 Å². The third-order valence-corrected chi connectivity index (χ3v) is 7.24. The van der Waals surface area contributed by atoms with Crippen LogP contribution in [0.2, 0.25) is 0 Å². The van der Waals surface area contributed by atoms with E-state index in [9.17, 15) is 13.2 Å². The van der Waals surface area contributed by atoms with Crippen molar-refractivity contribution in [2.45, 2.75) is 45.1 Å². The van der Waals surface area contributed by atoms with Gasteiger partial charge in [-0.25, -0.2) is 8.42 Å². The topological polar surface area (TPSA) is 66.5 Å². The van der Waals surface area contributed by atoms with E-state index in [0.29, 0.717) is 12.1 Å². The van der Waals surface area contributed by atoms with Crippen LogP contribution in [-0.4, -0.2) is 20.9 Å². The number of carbonyl (C=O) groups excluding carboxylic acids is 1. The second-order valence-electron chi connectivity index (χ2n) is 8.05. The van der Waals surface area contributed by atoms with Crippen molar-refractivity contribution in [1.29, 1.82) is 0 Å². The summed E-state index contributed by atoms with van der Waals surface area (Å²) in [5.41, 5.74) is 4.46. The van der Waals surface area contributed by atoms with Crippen LogP contribution in [0.3, 0.4) is 0 Å². The molecule has 1 N–H and O–H groups in total. The summed E-state index contributed by atoms with van der Waals surface area (Å²) in [4.78, 5) is 13.2. The molecule has 0 bridgehead atoms. The number of hydrogen-bond acceptors (Lipinski definition) is 3. The minimum atomic E-state index is -3.92. The van der Waals surface area contributed by atoms with Gasteiger partial charge in [0.25, 0.3) is 10.0 Å². The summed E-state index contributed by atoms with van der Waals surface area (Å²) in [7, 11) is -3.92. The summed E-state index contributed by atoms with van der Waals surface area (Å²) in [6, 6.07) is 21.6. The number of anilines is 1. The Balaban J connectivity index is 1.93. The van der Waals surface area contributed by atoms with E-state index in [4.69, 9.17) is 0 Å². The molecule has 0 saturated heterocycles. The maximum Gasteiger partial charge on any atom is 0.264 e. The number of hydrogen-bond donors (Lipinski definition) is 1. The van der Waals surface area contributed by atoms with Gasteiger partial charge in [0, 0.05) is 0 Å². The zero-order valence-electron chi connectivity index (χ0n) is 19.0. The van der Waals surface area contributed by atoms with E-state index < -0.39 is 10.0 Å². The Bertz CT molecular complexity index is 1170. The zero-order chi connectivity index (χ0) is 23.3. The molecule has 0 aliphatic rings. The Labute approximate surface area is 191 Å². The first-order chi connectivity index (χ1) is 15.2. The van der Waals surface area contributed by atoms with Gasteiger partial charge in [0.15, 0.2) is 0 Å². The highest BCUT2D eigenvalue weighted by atomic mass is 32.2. The molecule has 0 aliphatic carbocycles. The number of carbonyl (C=O) groups is 1. The van der Waals surface area contributed by atoms with E-state index in [1.165, 1.54) is 4.31 Å². The second-order valence-corrected chi connectivity index (χ2v) is 9.92. The van der Waals surface area contributed by atoms with E-state index in [2.05, 4.69) is 5.32 Å². The van der Waals surface area contributed by atoms with Crippen molar-refractivity contribution in [1.82, 2.24) is 5.32 Å². The lowest BCUT2D eigenvalue weighted by atomic mass is 10.0. The van der Waals surface area contributed by atoms with E-state index in [1.807, 2.05) is 64.1 Å². The minimum absolute atomic E-state index is 0.151. The van der Waals surface area contributed by atoms with Crippen LogP contribution in [-0.2, 0) is 14.8 Å². The Morgan fingerprint density at radius 2 is 1.53 bits per heavy atom. The van der Waals surface area contributed by atoms with Crippen molar-refractivity contribution >= 4 is 21.6 Å². The van der Waals surface area contributed by atoms with Gasteiger partial charge < -0.3 is 5.32 Å². The monoisotopic (exact) mass is 450 g/mol. The number of benzene rings is 3. The molecule has 3 rings (SSSR count). The molecule has 6 heteroatoms. The van der Waals surface area contributed by atoms with Crippen LogP contribution in [0.4, 0.5) is 5.69 Å². The van der Waals surface area contributed by atoms with E-state index in [-0.39, 0.29) is 23.4 Å². The average Bonchev–Trinajstić information content (AvgIpc) is 2.77. The lowest BCUT2D eigenvalue weighted by Crippen LogP contribution is -2.42. The fraction of sp³-hybridized carbons (Fsp3) is 0.269. The van der Waals surface area contributed by atoms with Crippen LogP contribution in [0.25, 0.3) is 0 Å². The summed E-state index contributed by atoms with van der Waals surface area (Å²) >= 11 is 0. The highest BCUT2D eigenvalue weighted by molar-refractivity contribution is 7.92. The molecule has 3 aromatic carbocycles. The fourth-order valence-electron chi connectivity index (χ4n) is 3.69. The highest BCUT2D eigenvalue weighted by Crippen LogP contribution is 2.28. The molecule has 0 fully saturated rings. The van der Waals surface area contributed by atoms with Crippen LogP contribution in [0.5, 0.6) is 0 Å². The van der Waals surface area contributed by atoms with Crippen LogP contribution >= 0.6 is 0 Å². The maximum atomic E-state index is 13.5. The normalized spacial score (nSPS) is 12.2. The first kappa shape index (κ1) is 23.5. The van der Waals surface area contributed by atoms with Crippen LogP contribution < -0.4 is 9.62 Å². The standard InChI is InChI=1S/C26H30N2O3S/c1-5-24(22-14-11-19(2)12-15-22)27-26(29)18-28(25-16-13-20(3)17-21(25)4)32(30,31)23-9-7-6-8-10-23/h6-17,24H,5,18H2,1-4H3,(H,27,29)/t24-/m1/s1. The first-order valence-electron chi connectivity index (χ1n) is 10.7. The Kier molecular flexibility index (Phi) is 7.36. The zero-order valence-corrected chi connectivity index (χ0v) is 19.8. The quantitative estimate of drug-likeness (QED) is 0.521. The Hall–Kier alpha value is -3.12. The molecule has 0 heterocycles. The molecular weight excluding hydrogens is 420 g/mol. The molecule has 1 amide bonds. The Morgan fingerprint density at radius 3 is 2.12 bits per heavy atom. The van der Waals surface area contributed by atoms with E-state index >= 15 is 0 Å². The van der Waals surface area contributed by atoms with Crippen molar-refractivity contribution in [3.63, 3.8) is 0 Å². The molecule has 1 atom stereocenters. The second kappa shape index (κ2) is 10.0. The molecule has 0 spiro atoms. The summed E-state index contributed by atoms with van der Waals surface area (Å²) in [5.74, 6) is -0.350. The maximum absolute atomic E-state index is 13.5. The Morgan fingerprint density at radius 1 is 0.906 bits per heavy atom. The van der Waals surface area contributed by atoms with Crippen molar-refractivity contribution < 1.29 is 13.2 Å². The lowest BCUT2D eigenvalue weighted by Gasteiger charge is -2.27. The molecular formula is C26H30N2O3S. The average molecular weight is 451 g/mol. The van der Waals surface area contributed by atoms with Gasteiger partial charge in [-0.15, -0.1) is 0 Å². The molecule has 0 aromatic heterocycles. The van der Waals surface area contributed by atoms with Crippen LogP contribution in [0, 0.1) is 20.8 Å². The summed E-state index contributed by atoms with van der Waals surface area (Å²) < 4.78 is 28.2. The van der Waals surface area contributed by atoms with Gasteiger partial charge in [0.2, 0.25) is 5.91 Å². The van der Waals surface area contributed by atoms with Crippen molar-refractivity contribution in [2.75, 3.05) is 10.8 Å². The molecule has 5 nitrogen and oxygen atoms in total. The number of rotatable bonds is 8. The highest BCUT2D eigenvalue weighted by Gasteiger charge is 2.28. The number of aryl methyl sites for hydroxylation is 3. The lowest BCUT2D eigenvalue weighted by molar-refractivity contribution is -0.120. The predicted molar refractivity (Wildman–Crippen MR) is 129 cm³/mol. The van der Waals surface area contributed by atoms with Crippen LogP contribution in [0.1, 0.15) is 41.6 Å². The minimum Gasteiger partial charge on any atom is -0.348 e. The smallest absolute Gasteiger partial charge is 0.264 e. The van der Waals surface area contributed by atoms with Gasteiger partial charge in [-0.2, -0.15) is 0 Å². The number of nitrogens with one attached hydrogen (secondary N) is 1. The molecule has 168 valence electrons. The van der Waals surface area contributed by atoms with Crippen molar-refractivity contribution in [3.05, 3.63) is 95.1 Å². The summed E-state index contributed by atoms with van der Waals surface area (Å²) in [6.07, 6.45) is 0.698. The van der Waals surface area contributed by atoms with Gasteiger partial charge in [0.1, 0.15) is 6.54 Å². The SMILES string of the molecule is CC[C@@H](NC(=O)CN(c1ccc(C)cc1C)S(=O)(=O)c1ccccc1)c1ccc(C)cc1. The molecule has 32 heavy (non-hydrogen) atoms. The van der Waals surface area contributed by atoms with Gasteiger partial charge in [-0.3, -0.25) is 9.10 Å². The van der Waals surface area contributed by atoms with Gasteiger partial charge in [-0.05, 0) is 56.5 Å². The molecule has 0 unspecified atom stereocenters. The third-order valence-electron chi connectivity index (χ3n) is 5.46.